The van der Waals surface area contributed by atoms with Crippen molar-refractivity contribution in [2.24, 2.45) is 4.99 Å². The van der Waals surface area contributed by atoms with Crippen LogP contribution >= 0.6 is 0 Å². The van der Waals surface area contributed by atoms with Gasteiger partial charge in [-0.3, -0.25) is 4.99 Å². The third kappa shape index (κ3) is 15.2. The molecule has 7 heteroatoms. The van der Waals surface area contributed by atoms with E-state index in [-0.39, 0.29) is 6.09 Å². The number of nitrogens with zero attached hydrogens (tertiary/aromatic N) is 2. The molecule has 0 rings (SSSR count). The summed E-state index contributed by atoms with van der Waals surface area (Å²) in [5.41, 5.74) is -0.461. The van der Waals surface area contributed by atoms with Crippen LogP contribution in [0.1, 0.15) is 40.5 Å². The summed E-state index contributed by atoms with van der Waals surface area (Å²) < 4.78 is 5.17. The second kappa shape index (κ2) is 12.0. The van der Waals surface area contributed by atoms with Crippen molar-refractivity contribution in [3.05, 3.63) is 0 Å². The highest BCUT2D eigenvalue weighted by Gasteiger charge is 2.15. The van der Waals surface area contributed by atoms with Gasteiger partial charge in [-0.1, -0.05) is 0 Å². The summed E-state index contributed by atoms with van der Waals surface area (Å²) in [7, 11) is 4.13. The molecule has 0 aromatic rings. The maximum absolute atomic E-state index is 11.5. The number of alkyl carbamates (subject to hydrolysis) is 1. The lowest BCUT2D eigenvalue weighted by atomic mass is 10.2. The molecule has 0 heterocycles. The van der Waals surface area contributed by atoms with E-state index in [1.165, 1.54) is 0 Å². The number of nitrogens with one attached hydrogen (secondary N) is 3. The Morgan fingerprint density at radius 3 is 2.30 bits per heavy atom. The molecule has 0 bridgehead atoms. The number of carbonyl (C=O) groups excluding carboxylic acids is 1. The number of hydrogen-bond acceptors (Lipinski definition) is 4. The van der Waals surface area contributed by atoms with Gasteiger partial charge in [0, 0.05) is 26.2 Å². The van der Waals surface area contributed by atoms with Gasteiger partial charge in [-0.25, -0.2) is 4.79 Å². The number of hydrogen-bond donors (Lipinski definition) is 3. The van der Waals surface area contributed by atoms with E-state index in [1.54, 1.807) is 0 Å². The molecule has 0 aliphatic rings. The summed E-state index contributed by atoms with van der Waals surface area (Å²) in [6.07, 6.45) is 1.46. The van der Waals surface area contributed by atoms with E-state index in [0.29, 0.717) is 13.1 Å². The van der Waals surface area contributed by atoms with Crippen LogP contribution in [0.5, 0.6) is 0 Å². The lowest BCUT2D eigenvalue weighted by Crippen LogP contribution is -2.38. The van der Waals surface area contributed by atoms with Crippen molar-refractivity contribution in [3.8, 4) is 0 Å². The molecule has 0 aliphatic carbocycles. The topological polar surface area (TPSA) is 78.0 Å². The number of aliphatic imine (C=N–C) groups is 1. The molecule has 0 aromatic carbocycles. The maximum Gasteiger partial charge on any atom is 0.407 e. The zero-order valence-electron chi connectivity index (χ0n) is 15.7. The Balaban J connectivity index is 3.90. The number of ether oxygens (including phenoxy) is 1. The number of guanidine groups is 1. The second-order valence-electron chi connectivity index (χ2n) is 6.63. The molecule has 136 valence electrons. The van der Waals surface area contributed by atoms with E-state index < -0.39 is 5.60 Å². The predicted molar refractivity (Wildman–Crippen MR) is 96.0 cm³/mol. The van der Waals surface area contributed by atoms with Crippen LogP contribution in [0.15, 0.2) is 4.99 Å². The molecule has 0 fully saturated rings. The summed E-state index contributed by atoms with van der Waals surface area (Å²) in [4.78, 5) is 18.1. The van der Waals surface area contributed by atoms with E-state index in [2.05, 4.69) is 39.9 Å². The fourth-order valence-corrected chi connectivity index (χ4v) is 1.72. The molecule has 3 N–H and O–H groups in total. The summed E-state index contributed by atoms with van der Waals surface area (Å²) in [5, 5.41) is 9.25. The average molecular weight is 329 g/mol. The Morgan fingerprint density at radius 1 is 1.09 bits per heavy atom. The van der Waals surface area contributed by atoms with Crippen molar-refractivity contribution < 1.29 is 9.53 Å². The first-order chi connectivity index (χ1) is 10.7. The zero-order chi connectivity index (χ0) is 17.7. The van der Waals surface area contributed by atoms with E-state index >= 15 is 0 Å². The molecule has 0 saturated heterocycles. The van der Waals surface area contributed by atoms with Crippen LogP contribution in [-0.4, -0.2) is 69.4 Å². The van der Waals surface area contributed by atoms with Crippen LogP contribution in [0.25, 0.3) is 0 Å². The smallest absolute Gasteiger partial charge is 0.407 e. The van der Waals surface area contributed by atoms with Crippen LogP contribution in [-0.2, 0) is 4.74 Å². The van der Waals surface area contributed by atoms with Crippen molar-refractivity contribution in [2.75, 3.05) is 46.8 Å². The van der Waals surface area contributed by atoms with Crippen LogP contribution in [0.4, 0.5) is 4.79 Å². The quantitative estimate of drug-likeness (QED) is 0.339. The standard InChI is InChI=1S/C16H35N5O2/c1-7-17-14(19-12-9-13-21(5)6)18-10-8-11-20-15(22)23-16(2,3)4/h7-13H2,1-6H3,(H,20,22)(H2,17,18,19). The second-order valence-corrected chi connectivity index (χ2v) is 6.63. The van der Waals surface area contributed by atoms with Gasteiger partial charge in [0.05, 0.1) is 0 Å². The summed E-state index contributed by atoms with van der Waals surface area (Å²) in [6, 6.07) is 0. The third-order valence-electron chi connectivity index (χ3n) is 2.69. The van der Waals surface area contributed by atoms with Crippen LogP contribution in [0.2, 0.25) is 0 Å². The van der Waals surface area contributed by atoms with Crippen LogP contribution < -0.4 is 16.0 Å². The predicted octanol–water partition coefficient (Wildman–Crippen LogP) is 1.41. The van der Waals surface area contributed by atoms with E-state index in [1.807, 2.05) is 27.7 Å². The van der Waals surface area contributed by atoms with Gasteiger partial charge < -0.3 is 25.6 Å². The lowest BCUT2D eigenvalue weighted by Gasteiger charge is -2.19. The first kappa shape index (κ1) is 21.5. The van der Waals surface area contributed by atoms with Crippen molar-refractivity contribution in [3.63, 3.8) is 0 Å². The fraction of sp³-hybridized carbons (Fsp3) is 0.875. The highest BCUT2D eigenvalue weighted by Crippen LogP contribution is 2.06. The Labute approximate surface area is 141 Å². The average Bonchev–Trinajstić information content (AvgIpc) is 2.40. The van der Waals surface area contributed by atoms with Gasteiger partial charge in [0.15, 0.2) is 5.96 Å². The molecule has 0 aromatic heterocycles. The number of amides is 1. The molecule has 0 atom stereocenters. The van der Waals surface area contributed by atoms with E-state index in [9.17, 15) is 4.79 Å². The van der Waals surface area contributed by atoms with Gasteiger partial charge in [-0.2, -0.15) is 0 Å². The van der Waals surface area contributed by atoms with Gasteiger partial charge >= 0.3 is 6.09 Å². The minimum Gasteiger partial charge on any atom is -0.444 e. The van der Waals surface area contributed by atoms with Crippen molar-refractivity contribution in [1.29, 1.82) is 0 Å². The monoisotopic (exact) mass is 329 g/mol. The Hall–Kier alpha value is -1.50. The van der Waals surface area contributed by atoms with Crippen molar-refractivity contribution in [2.45, 2.75) is 46.1 Å². The van der Waals surface area contributed by atoms with E-state index in [0.717, 1.165) is 38.4 Å². The normalized spacial score (nSPS) is 12.2. The first-order valence-electron chi connectivity index (χ1n) is 8.38. The molecule has 0 radical (unpaired) electrons. The van der Waals surface area contributed by atoms with Gasteiger partial charge in [0.1, 0.15) is 5.60 Å². The summed E-state index contributed by atoms with van der Waals surface area (Å²) in [6.45, 7) is 11.6. The Kier molecular flexibility index (Phi) is 11.2. The fourth-order valence-electron chi connectivity index (χ4n) is 1.72. The molecule has 0 unspecified atom stereocenters. The summed E-state index contributed by atoms with van der Waals surface area (Å²) >= 11 is 0. The third-order valence-corrected chi connectivity index (χ3v) is 2.69. The van der Waals surface area contributed by atoms with Crippen LogP contribution in [0.3, 0.4) is 0 Å². The molecule has 1 amide bonds. The highest BCUT2D eigenvalue weighted by molar-refractivity contribution is 5.79. The minimum absolute atomic E-state index is 0.379. The van der Waals surface area contributed by atoms with Gasteiger partial charge in [0.2, 0.25) is 0 Å². The SMILES string of the molecule is CCNC(=NCCCNC(=O)OC(C)(C)C)NCCCN(C)C. The lowest BCUT2D eigenvalue weighted by molar-refractivity contribution is 0.0527. The molecule has 23 heavy (non-hydrogen) atoms. The van der Waals surface area contributed by atoms with E-state index in [4.69, 9.17) is 4.74 Å². The molecule has 0 saturated carbocycles. The maximum atomic E-state index is 11.5. The van der Waals surface area contributed by atoms with Gasteiger partial charge in [0.25, 0.3) is 0 Å². The Morgan fingerprint density at radius 2 is 1.74 bits per heavy atom. The largest absolute Gasteiger partial charge is 0.444 e. The molecule has 0 spiro atoms. The summed E-state index contributed by atoms with van der Waals surface area (Å²) in [5.74, 6) is 0.823. The first-order valence-corrected chi connectivity index (χ1v) is 8.38. The number of rotatable bonds is 9. The highest BCUT2D eigenvalue weighted by atomic mass is 16.6. The van der Waals surface area contributed by atoms with Crippen molar-refractivity contribution >= 4 is 12.1 Å². The number of carbonyl (C=O) groups is 1. The van der Waals surface area contributed by atoms with Crippen LogP contribution in [0, 0.1) is 0 Å². The molecular weight excluding hydrogens is 294 g/mol. The van der Waals surface area contributed by atoms with Gasteiger partial charge in [-0.05, 0) is 61.2 Å². The van der Waals surface area contributed by atoms with Gasteiger partial charge in [-0.15, -0.1) is 0 Å². The molecular formula is C16H35N5O2. The zero-order valence-corrected chi connectivity index (χ0v) is 15.7. The van der Waals surface area contributed by atoms with Crippen molar-refractivity contribution in [1.82, 2.24) is 20.9 Å². The molecule has 7 nitrogen and oxygen atoms in total. The molecule has 0 aliphatic heterocycles. The Bertz CT molecular complexity index is 351. The minimum atomic E-state index is -0.461.